The molecule has 2 N–H and O–H groups in total. The quantitative estimate of drug-likeness (QED) is 0.118. The zero-order valence-corrected chi connectivity index (χ0v) is 36.5. The molecule has 61 heavy (non-hydrogen) atoms. The zero-order valence-electron chi connectivity index (χ0n) is 36.5. The summed E-state index contributed by atoms with van der Waals surface area (Å²) in [6, 6.07) is 44.3. The fraction of sp³-hybridized carbons (Fsp3) is 0.208. The van der Waals surface area contributed by atoms with E-state index < -0.39 is 0 Å². The lowest BCUT2D eigenvalue weighted by atomic mass is 9.93. The Kier molecular flexibility index (Phi) is 13.6. The van der Waals surface area contributed by atoms with Crippen LogP contribution in [0.15, 0.2) is 133 Å². The van der Waals surface area contributed by atoms with Gasteiger partial charge in [0.2, 0.25) is 0 Å². The highest BCUT2D eigenvalue weighted by Gasteiger charge is 2.39. The Hall–Kier alpha value is -6.90. The lowest BCUT2D eigenvalue weighted by Crippen LogP contribution is -2.33. The molecule has 0 aromatic heterocycles. The molecule has 0 amide bonds. The van der Waals surface area contributed by atoms with E-state index in [4.69, 9.17) is 18.9 Å². The van der Waals surface area contributed by atoms with Crippen molar-refractivity contribution in [2.45, 2.75) is 47.5 Å². The zero-order chi connectivity index (χ0) is 43.8. The highest BCUT2D eigenvalue weighted by Crippen LogP contribution is 2.52. The van der Waals surface area contributed by atoms with Crippen LogP contribution in [0.3, 0.4) is 0 Å². The SMILES string of the molecule is COc1ccc([N+](c2ccc(OC)cc2)(c2ccc(OC)cc2)c2ccc(OC)cc2)cc1.Cc1cc(Cc2cc(C)c(O)c(C)c2)c([O-])c(Cc2cc(C)c(O)c(C)c2)c1. The fourth-order valence-electron chi connectivity index (χ4n) is 8.04. The predicted octanol–water partition coefficient (Wildman–Crippen LogP) is 11.9. The Morgan fingerprint density at radius 3 is 0.885 bits per heavy atom. The number of phenolic OH excluding ortho intramolecular Hbond substituents is 2. The maximum Gasteiger partial charge on any atom is 0.148 e. The Balaban J connectivity index is 0.000000207. The lowest BCUT2D eigenvalue weighted by molar-refractivity contribution is -0.270. The van der Waals surface area contributed by atoms with Crippen LogP contribution >= 0.6 is 0 Å². The van der Waals surface area contributed by atoms with Crippen LogP contribution in [0, 0.1) is 34.6 Å². The van der Waals surface area contributed by atoms with Crippen molar-refractivity contribution in [3.63, 3.8) is 0 Å². The topological polar surface area (TPSA) is 100 Å². The van der Waals surface area contributed by atoms with Gasteiger partial charge in [0.1, 0.15) is 57.2 Å². The van der Waals surface area contributed by atoms with E-state index in [0.717, 1.165) is 95.8 Å². The second-order valence-corrected chi connectivity index (χ2v) is 15.4. The molecule has 7 aromatic rings. The summed E-state index contributed by atoms with van der Waals surface area (Å²) in [4.78, 5) is 0. The van der Waals surface area contributed by atoms with Crippen molar-refractivity contribution >= 4 is 22.7 Å². The Bertz CT molecular complexity index is 2260. The molecule has 0 spiro atoms. The number of phenols is 2. The highest BCUT2D eigenvalue weighted by atomic mass is 16.5. The van der Waals surface area contributed by atoms with Gasteiger partial charge in [0.15, 0.2) is 0 Å². The van der Waals surface area contributed by atoms with Gasteiger partial charge in [-0.1, -0.05) is 53.1 Å². The molecule has 0 atom stereocenters. The van der Waals surface area contributed by atoms with Gasteiger partial charge in [0.05, 0.1) is 28.4 Å². The van der Waals surface area contributed by atoms with Crippen LogP contribution in [-0.4, -0.2) is 38.7 Å². The maximum atomic E-state index is 13.1. The van der Waals surface area contributed by atoms with E-state index in [1.54, 1.807) is 28.4 Å². The molecule has 0 unspecified atom stereocenters. The smallest absolute Gasteiger partial charge is 0.148 e. The van der Waals surface area contributed by atoms with E-state index in [1.165, 1.54) is 0 Å². The second-order valence-electron chi connectivity index (χ2n) is 15.4. The van der Waals surface area contributed by atoms with Crippen LogP contribution in [-0.2, 0) is 12.8 Å². The average Bonchev–Trinajstić information content (AvgIpc) is 3.27. The number of methoxy groups -OCH3 is 4. The molecule has 0 saturated heterocycles. The molecule has 8 heteroatoms. The first-order valence-electron chi connectivity index (χ1n) is 20.2. The number of aromatic hydroxyl groups is 2. The predicted molar refractivity (Wildman–Crippen MR) is 244 cm³/mol. The Labute approximate surface area is 360 Å². The normalized spacial score (nSPS) is 11.0. The molecule has 0 aliphatic heterocycles. The van der Waals surface area contributed by atoms with Crippen LogP contribution in [0.25, 0.3) is 0 Å². The van der Waals surface area contributed by atoms with Crippen LogP contribution in [0.1, 0.15) is 50.1 Å². The van der Waals surface area contributed by atoms with E-state index in [1.807, 2.05) is 120 Å². The minimum absolute atomic E-state index is 0.0670. The van der Waals surface area contributed by atoms with E-state index in [2.05, 4.69) is 48.5 Å². The first-order chi connectivity index (χ1) is 29.3. The summed E-state index contributed by atoms with van der Waals surface area (Å²) in [6.07, 6.45) is 1.09. The maximum absolute atomic E-state index is 13.1. The molecule has 8 nitrogen and oxygen atoms in total. The van der Waals surface area contributed by atoms with Crippen molar-refractivity contribution in [1.82, 2.24) is 4.48 Å². The number of rotatable bonds is 12. The first-order valence-corrected chi connectivity index (χ1v) is 20.2. The molecule has 0 aliphatic carbocycles. The van der Waals surface area contributed by atoms with Crippen molar-refractivity contribution in [2.24, 2.45) is 0 Å². The van der Waals surface area contributed by atoms with Gasteiger partial charge in [-0.3, -0.25) is 0 Å². The number of quaternary nitrogens is 1. The fourth-order valence-corrected chi connectivity index (χ4v) is 8.04. The molecule has 0 heterocycles. The van der Waals surface area contributed by atoms with Crippen molar-refractivity contribution in [1.29, 1.82) is 0 Å². The van der Waals surface area contributed by atoms with Gasteiger partial charge in [0, 0.05) is 48.5 Å². The summed E-state index contributed by atoms with van der Waals surface area (Å²) in [7, 11) is 6.70. The average molecular weight is 818 g/mol. The lowest BCUT2D eigenvalue weighted by Gasteiger charge is -2.37. The Morgan fingerprint density at radius 1 is 0.410 bits per heavy atom. The highest BCUT2D eigenvalue weighted by molar-refractivity contribution is 5.82. The van der Waals surface area contributed by atoms with E-state index >= 15 is 0 Å². The molecule has 314 valence electrons. The van der Waals surface area contributed by atoms with Crippen LogP contribution in [0.5, 0.6) is 40.2 Å². The molecular formula is C53H55NO7. The summed E-state index contributed by atoms with van der Waals surface area (Å²) in [6.45, 7) is 9.51. The van der Waals surface area contributed by atoms with Gasteiger partial charge in [-0.15, -0.1) is 5.75 Å². The molecule has 0 radical (unpaired) electrons. The third-order valence-electron chi connectivity index (χ3n) is 11.1. The number of ether oxygens (including phenoxy) is 4. The largest absolute Gasteiger partial charge is 0.872 e. The third-order valence-corrected chi connectivity index (χ3v) is 11.1. The van der Waals surface area contributed by atoms with Crippen molar-refractivity contribution in [3.05, 3.63) is 184 Å². The van der Waals surface area contributed by atoms with Gasteiger partial charge in [-0.25, -0.2) is 0 Å². The number of hydrogen-bond acceptors (Lipinski definition) is 7. The van der Waals surface area contributed by atoms with Gasteiger partial charge in [-0.05, 0) is 129 Å². The van der Waals surface area contributed by atoms with Crippen molar-refractivity contribution in [3.8, 4) is 40.2 Å². The molecule has 7 aromatic carbocycles. The van der Waals surface area contributed by atoms with Gasteiger partial charge < -0.3 is 34.3 Å². The van der Waals surface area contributed by atoms with Crippen molar-refractivity contribution in [2.75, 3.05) is 28.4 Å². The number of aryl methyl sites for hydroxylation is 5. The van der Waals surface area contributed by atoms with Crippen molar-refractivity contribution < 1.29 is 34.3 Å². The number of benzene rings is 7. The number of hydrogen-bond donors (Lipinski definition) is 2. The van der Waals surface area contributed by atoms with E-state index in [-0.39, 0.29) is 5.75 Å². The summed E-state index contributed by atoms with van der Waals surface area (Å²) in [5.41, 5.74) is 12.2. The molecular weight excluding hydrogens is 763 g/mol. The minimum atomic E-state index is 0.0670. The second kappa shape index (κ2) is 19.0. The summed E-state index contributed by atoms with van der Waals surface area (Å²) < 4.78 is 22.1. The monoisotopic (exact) mass is 817 g/mol. The Morgan fingerprint density at radius 2 is 0.656 bits per heavy atom. The number of nitrogens with zero attached hydrogens (tertiary/aromatic N) is 1. The molecule has 0 bridgehead atoms. The van der Waals surface area contributed by atoms with Gasteiger partial charge in [0.25, 0.3) is 0 Å². The van der Waals surface area contributed by atoms with E-state index in [9.17, 15) is 15.3 Å². The standard InChI is InChI=1S/C28H28NO4.C25H28O3/c1-30-25-13-5-21(6-14-25)29(22-7-15-26(31-2)16-8-22,23-9-17-27(32-3)18-10-23)24-11-19-28(33-4)20-12-24;1-14-6-21(12-19-8-15(2)23(26)16(3)9-19)25(28)22(7-14)13-20-10-17(4)24(27)18(5)11-20/h5-20H,1-4H3;6-11,26-28H,12-13H2,1-5H3/q+1;/p-1. The summed E-state index contributed by atoms with van der Waals surface area (Å²) in [5.74, 6) is 3.90. The van der Waals surface area contributed by atoms with E-state index in [0.29, 0.717) is 28.8 Å². The molecule has 0 saturated carbocycles. The first kappa shape index (κ1) is 43.7. The minimum Gasteiger partial charge on any atom is -0.872 e. The summed E-state index contributed by atoms with van der Waals surface area (Å²) >= 11 is 0. The van der Waals surface area contributed by atoms with Crippen LogP contribution < -0.4 is 28.5 Å². The molecule has 7 rings (SSSR count). The van der Waals surface area contributed by atoms with Gasteiger partial charge in [-0.2, -0.15) is 4.48 Å². The van der Waals surface area contributed by atoms with Gasteiger partial charge >= 0.3 is 0 Å². The summed E-state index contributed by atoms with van der Waals surface area (Å²) in [5, 5.41) is 33.1. The molecule has 0 fully saturated rings. The van der Waals surface area contributed by atoms with Crippen LogP contribution in [0.4, 0.5) is 22.7 Å². The third kappa shape index (κ3) is 9.45. The van der Waals surface area contributed by atoms with Crippen LogP contribution in [0.2, 0.25) is 0 Å². The molecule has 0 aliphatic rings.